The topological polar surface area (TPSA) is 73.1 Å². The minimum atomic E-state index is 0.485. The van der Waals surface area contributed by atoms with Gasteiger partial charge in [0.2, 0.25) is 5.88 Å². The van der Waals surface area contributed by atoms with E-state index in [1.807, 2.05) is 19.1 Å². The van der Waals surface area contributed by atoms with E-state index in [0.717, 1.165) is 18.4 Å². The number of halogens is 1. The Morgan fingerprint density at radius 3 is 2.80 bits per heavy atom. The van der Waals surface area contributed by atoms with E-state index in [9.17, 15) is 0 Å². The first-order chi connectivity index (χ1) is 9.63. The maximum atomic E-state index is 5.95. The number of nitrogens with one attached hydrogen (secondary N) is 1. The van der Waals surface area contributed by atoms with Crippen molar-refractivity contribution in [3.05, 3.63) is 40.7 Å². The van der Waals surface area contributed by atoms with E-state index < -0.39 is 0 Å². The zero-order valence-corrected chi connectivity index (χ0v) is 12.2. The number of aromatic nitrogens is 2. The summed E-state index contributed by atoms with van der Waals surface area (Å²) in [5.74, 6) is 7.87. The summed E-state index contributed by atoms with van der Waals surface area (Å²) >= 11 is 5.95. The van der Waals surface area contributed by atoms with Crippen molar-refractivity contribution < 1.29 is 4.74 Å². The first-order valence-electron chi connectivity index (χ1n) is 6.41. The predicted octanol–water partition coefficient (Wildman–Crippen LogP) is 3.47. The van der Waals surface area contributed by atoms with Gasteiger partial charge in [-0.3, -0.25) is 0 Å². The normalized spacial score (nSPS) is 10.4. The predicted molar refractivity (Wildman–Crippen MR) is 80.1 cm³/mol. The molecule has 2 rings (SSSR count). The lowest BCUT2D eigenvalue weighted by atomic mass is 10.3. The molecule has 106 valence electrons. The second-order valence-corrected chi connectivity index (χ2v) is 4.81. The first kappa shape index (κ1) is 14.6. The quantitative estimate of drug-likeness (QED) is 0.652. The Balaban J connectivity index is 2.36. The molecule has 5 nitrogen and oxygen atoms in total. The van der Waals surface area contributed by atoms with Crippen LogP contribution in [0.1, 0.15) is 24.7 Å². The second kappa shape index (κ2) is 6.54. The van der Waals surface area contributed by atoms with E-state index in [1.165, 1.54) is 0 Å². The molecular formula is C14H17ClN4O. The third-order valence-electron chi connectivity index (χ3n) is 2.77. The molecule has 0 bridgehead atoms. The molecule has 6 heteroatoms. The standard InChI is InChI=1S/C14H17ClN4O/c1-3-5-12-17-13(19-16)9(2)14(18-12)20-11-7-4-6-10(15)8-11/h4,6-8H,3,5,16H2,1-2H3,(H,17,18,19). The summed E-state index contributed by atoms with van der Waals surface area (Å²) in [5, 5.41) is 0.611. The molecule has 0 spiro atoms. The van der Waals surface area contributed by atoms with Gasteiger partial charge in [-0.15, -0.1) is 0 Å². The Morgan fingerprint density at radius 2 is 2.15 bits per heavy atom. The van der Waals surface area contributed by atoms with E-state index in [2.05, 4.69) is 22.3 Å². The van der Waals surface area contributed by atoms with Gasteiger partial charge in [0.15, 0.2) is 0 Å². The number of nitrogens with zero attached hydrogens (tertiary/aromatic N) is 2. The number of hydrogen-bond donors (Lipinski definition) is 2. The molecule has 0 atom stereocenters. The van der Waals surface area contributed by atoms with Crippen LogP contribution in [-0.2, 0) is 6.42 Å². The maximum absolute atomic E-state index is 5.95. The largest absolute Gasteiger partial charge is 0.438 e. The van der Waals surface area contributed by atoms with Gasteiger partial charge in [0.05, 0.1) is 5.56 Å². The fraction of sp³-hybridized carbons (Fsp3) is 0.286. The van der Waals surface area contributed by atoms with Gasteiger partial charge < -0.3 is 10.2 Å². The fourth-order valence-electron chi connectivity index (χ4n) is 1.76. The fourth-order valence-corrected chi connectivity index (χ4v) is 1.94. The number of benzene rings is 1. The molecule has 0 aliphatic carbocycles. The highest BCUT2D eigenvalue weighted by atomic mass is 35.5. The van der Waals surface area contributed by atoms with Crippen molar-refractivity contribution >= 4 is 17.4 Å². The highest BCUT2D eigenvalue weighted by molar-refractivity contribution is 6.30. The van der Waals surface area contributed by atoms with Crippen molar-refractivity contribution in [2.45, 2.75) is 26.7 Å². The van der Waals surface area contributed by atoms with E-state index >= 15 is 0 Å². The van der Waals surface area contributed by atoms with Crippen LogP contribution in [-0.4, -0.2) is 9.97 Å². The van der Waals surface area contributed by atoms with Crippen molar-refractivity contribution in [3.63, 3.8) is 0 Å². The molecule has 1 aromatic carbocycles. The van der Waals surface area contributed by atoms with Gasteiger partial charge in [-0.1, -0.05) is 24.6 Å². The number of hydrogen-bond acceptors (Lipinski definition) is 5. The van der Waals surface area contributed by atoms with Gasteiger partial charge in [0.1, 0.15) is 17.4 Å². The molecule has 1 heterocycles. The number of hydrazine groups is 1. The third kappa shape index (κ3) is 3.37. The molecule has 1 aromatic heterocycles. The van der Waals surface area contributed by atoms with Crippen LogP contribution in [0, 0.1) is 6.92 Å². The Bertz CT molecular complexity index is 604. The average molecular weight is 293 g/mol. The summed E-state index contributed by atoms with van der Waals surface area (Å²) in [4.78, 5) is 8.77. The summed E-state index contributed by atoms with van der Waals surface area (Å²) in [6.45, 7) is 3.92. The molecule has 0 aliphatic heterocycles. The highest BCUT2D eigenvalue weighted by Crippen LogP contribution is 2.28. The van der Waals surface area contributed by atoms with Crippen molar-refractivity contribution in [1.82, 2.24) is 9.97 Å². The molecule has 0 saturated carbocycles. The zero-order valence-electron chi connectivity index (χ0n) is 11.5. The summed E-state index contributed by atoms with van der Waals surface area (Å²) in [7, 11) is 0. The minimum Gasteiger partial charge on any atom is -0.438 e. The monoisotopic (exact) mass is 292 g/mol. The van der Waals surface area contributed by atoms with Crippen LogP contribution in [0.3, 0.4) is 0 Å². The van der Waals surface area contributed by atoms with Crippen molar-refractivity contribution in [3.8, 4) is 11.6 Å². The van der Waals surface area contributed by atoms with Gasteiger partial charge in [-0.2, -0.15) is 4.98 Å². The Hall–Kier alpha value is -1.85. The van der Waals surface area contributed by atoms with Gasteiger partial charge >= 0.3 is 0 Å². The van der Waals surface area contributed by atoms with Crippen LogP contribution in [0.5, 0.6) is 11.6 Å². The highest BCUT2D eigenvalue weighted by Gasteiger charge is 2.12. The van der Waals surface area contributed by atoms with E-state index in [0.29, 0.717) is 28.3 Å². The lowest BCUT2D eigenvalue weighted by molar-refractivity contribution is 0.454. The maximum Gasteiger partial charge on any atom is 0.227 e. The number of rotatable bonds is 5. The number of nitrogens with two attached hydrogens (primary N) is 1. The number of aryl methyl sites for hydroxylation is 1. The zero-order chi connectivity index (χ0) is 14.5. The molecule has 0 fully saturated rings. The number of anilines is 1. The molecule has 3 N–H and O–H groups in total. The molecule has 0 amide bonds. The molecular weight excluding hydrogens is 276 g/mol. The molecule has 0 unspecified atom stereocenters. The van der Waals surface area contributed by atoms with E-state index in [4.69, 9.17) is 22.2 Å². The van der Waals surface area contributed by atoms with Crippen molar-refractivity contribution in [1.29, 1.82) is 0 Å². The SMILES string of the molecule is CCCc1nc(NN)c(C)c(Oc2cccc(Cl)c2)n1. The van der Waals surface area contributed by atoms with Crippen LogP contribution >= 0.6 is 11.6 Å². The Kier molecular flexibility index (Phi) is 4.76. The Labute approximate surface area is 123 Å². The van der Waals surface area contributed by atoms with Crippen LogP contribution in [0.25, 0.3) is 0 Å². The molecule has 20 heavy (non-hydrogen) atoms. The lowest BCUT2D eigenvalue weighted by Crippen LogP contribution is -2.13. The summed E-state index contributed by atoms with van der Waals surface area (Å²) in [6.07, 6.45) is 1.71. The summed E-state index contributed by atoms with van der Waals surface area (Å²) in [6, 6.07) is 7.17. The molecule has 0 saturated heterocycles. The van der Waals surface area contributed by atoms with Crippen LogP contribution in [0.2, 0.25) is 5.02 Å². The van der Waals surface area contributed by atoms with E-state index in [-0.39, 0.29) is 0 Å². The van der Waals surface area contributed by atoms with Crippen LogP contribution in [0.4, 0.5) is 5.82 Å². The molecule has 0 aliphatic rings. The number of ether oxygens (including phenoxy) is 1. The first-order valence-corrected chi connectivity index (χ1v) is 6.79. The number of nitrogen functional groups attached to an aromatic ring is 1. The summed E-state index contributed by atoms with van der Waals surface area (Å²) in [5.41, 5.74) is 3.33. The molecule has 0 radical (unpaired) electrons. The summed E-state index contributed by atoms with van der Waals surface area (Å²) < 4.78 is 5.79. The smallest absolute Gasteiger partial charge is 0.227 e. The lowest BCUT2D eigenvalue weighted by Gasteiger charge is -2.12. The van der Waals surface area contributed by atoms with Gasteiger partial charge in [0, 0.05) is 11.4 Å². The van der Waals surface area contributed by atoms with Gasteiger partial charge in [-0.05, 0) is 31.5 Å². The van der Waals surface area contributed by atoms with Crippen LogP contribution < -0.4 is 16.0 Å². The van der Waals surface area contributed by atoms with Crippen molar-refractivity contribution in [2.24, 2.45) is 5.84 Å². The van der Waals surface area contributed by atoms with E-state index in [1.54, 1.807) is 12.1 Å². The van der Waals surface area contributed by atoms with Gasteiger partial charge in [0.25, 0.3) is 0 Å². The Morgan fingerprint density at radius 1 is 1.35 bits per heavy atom. The molecule has 2 aromatic rings. The van der Waals surface area contributed by atoms with Gasteiger partial charge in [-0.25, -0.2) is 10.8 Å². The minimum absolute atomic E-state index is 0.485. The third-order valence-corrected chi connectivity index (χ3v) is 3.00. The van der Waals surface area contributed by atoms with Crippen LogP contribution in [0.15, 0.2) is 24.3 Å². The second-order valence-electron chi connectivity index (χ2n) is 4.37. The van der Waals surface area contributed by atoms with Crippen molar-refractivity contribution in [2.75, 3.05) is 5.43 Å². The average Bonchev–Trinajstić information content (AvgIpc) is 2.42.